The maximum absolute atomic E-state index is 12.4. The van der Waals surface area contributed by atoms with E-state index in [1.807, 2.05) is 20.8 Å². The quantitative estimate of drug-likeness (QED) is 0.916. The van der Waals surface area contributed by atoms with Crippen molar-refractivity contribution in [1.29, 1.82) is 0 Å². The normalized spacial score (nSPS) is 12.4. The highest BCUT2D eigenvalue weighted by Gasteiger charge is 2.22. The lowest BCUT2D eigenvalue weighted by molar-refractivity contribution is 0.0930. The smallest absolute Gasteiger partial charge is 0.263 e. The number of nitrogens with zero attached hydrogens (tertiary/aromatic N) is 3. The summed E-state index contributed by atoms with van der Waals surface area (Å²) in [6.07, 6.45) is 1.43. The third kappa shape index (κ3) is 3.04. The molecule has 2 heterocycles. The number of carbonyl (C=O) groups is 1. The van der Waals surface area contributed by atoms with Crippen molar-refractivity contribution in [2.24, 2.45) is 0 Å². The molecule has 0 aromatic carbocycles. The Hall–Kier alpha value is -1.76. The summed E-state index contributed by atoms with van der Waals surface area (Å²) in [4.78, 5) is 21.6. The van der Waals surface area contributed by atoms with Gasteiger partial charge in [-0.1, -0.05) is 19.0 Å². The lowest BCUT2D eigenvalue weighted by atomic mass is 10.2. The minimum atomic E-state index is -0.268. The third-order valence-electron chi connectivity index (χ3n) is 2.90. The molecule has 0 aliphatic heterocycles. The van der Waals surface area contributed by atoms with Crippen molar-refractivity contribution in [3.05, 3.63) is 27.3 Å². The van der Waals surface area contributed by atoms with Gasteiger partial charge in [0.15, 0.2) is 5.82 Å². The molecule has 1 amide bonds. The van der Waals surface area contributed by atoms with Gasteiger partial charge in [0.2, 0.25) is 5.89 Å². The van der Waals surface area contributed by atoms with Crippen molar-refractivity contribution in [1.82, 2.24) is 20.4 Å². The van der Waals surface area contributed by atoms with Crippen LogP contribution in [0.2, 0.25) is 0 Å². The molecule has 0 aliphatic carbocycles. The molecular weight excluding hydrogens is 276 g/mol. The number of thiazole rings is 1. The number of aryl methyl sites for hydroxylation is 3. The van der Waals surface area contributed by atoms with E-state index in [0.717, 1.165) is 17.1 Å². The van der Waals surface area contributed by atoms with E-state index in [-0.39, 0.29) is 11.9 Å². The SMILES string of the molecule is CCc1nc(C)sc1C(=O)N[C@H](CC)c1nc(C)no1. The minimum Gasteiger partial charge on any atom is -0.339 e. The third-order valence-corrected chi connectivity index (χ3v) is 3.91. The highest BCUT2D eigenvalue weighted by atomic mass is 32.1. The largest absolute Gasteiger partial charge is 0.339 e. The molecule has 0 aliphatic rings. The zero-order valence-corrected chi connectivity index (χ0v) is 12.9. The number of rotatable bonds is 5. The van der Waals surface area contributed by atoms with Gasteiger partial charge in [-0.15, -0.1) is 11.3 Å². The van der Waals surface area contributed by atoms with E-state index in [9.17, 15) is 4.79 Å². The Bertz CT molecular complexity index is 605. The lowest BCUT2D eigenvalue weighted by Gasteiger charge is -2.12. The van der Waals surface area contributed by atoms with E-state index < -0.39 is 0 Å². The average molecular weight is 294 g/mol. The van der Waals surface area contributed by atoms with Gasteiger partial charge in [-0.25, -0.2) is 4.98 Å². The summed E-state index contributed by atoms with van der Waals surface area (Å²) in [7, 11) is 0. The van der Waals surface area contributed by atoms with Gasteiger partial charge in [0.25, 0.3) is 5.91 Å². The molecule has 0 saturated carbocycles. The van der Waals surface area contributed by atoms with Crippen molar-refractivity contribution in [2.75, 3.05) is 0 Å². The molecule has 2 aromatic rings. The highest BCUT2D eigenvalue weighted by Crippen LogP contribution is 2.21. The Labute approximate surface area is 121 Å². The van der Waals surface area contributed by atoms with Gasteiger partial charge in [-0.2, -0.15) is 4.98 Å². The minimum absolute atomic E-state index is 0.129. The first-order chi connectivity index (χ1) is 9.55. The Balaban J connectivity index is 2.17. The fourth-order valence-electron chi connectivity index (χ4n) is 1.90. The summed E-state index contributed by atoms with van der Waals surface area (Å²) in [6.45, 7) is 7.61. The molecule has 1 N–H and O–H groups in total. The first-order valence-electron chi connectivity index (χ1n) is 6.62. The average Bonchev–Trinajstić information content (AvgIpc) is 3.01. The molecule has 0 spiro atoms. The first-order valence-corrected chi connectivity index (χ1v) is 7.44. The molecule has 20 heavy (non-hydrogen) atoms. The van der Waals surface area contributed by atoms with E-state index >= 15 is 0 Å². The van der Waals surface area contributed by atoms with Crippen molar-refractivity contribution >= 4 is 17.2 Å². The predicted molar refractivity (Wildman–Crippen MR) is 75.8 cm³/mol. The second-order valence-electron chi connectivity index (χ2n) is 4.48. The van der Waals surface area contributed by atoms with Crippen LogP contribution < -0.4 is 5.32 Å². The topological polar surface area (TPSA) is 80.9 Å². The van der Waals surface area contributed by atoms with Crippen molar-refractivity contribution in [3.8, 4) is 0 Å². The zero-order valence-electron chi connectivity index (χ0n) is 12.1. The number of hydrogen-bond acceptors (Lipinski definition) is 6. The van der Waals surface area contributed by atoms with E-state index in [4.69, 9.17) is 4.52 Å². The summed E-state index contributed by atoms with van der Waals surface area (Å²) in [5.74, 6) is 0.878. The molecular formula is C13H18N4O2S. The Morgan fingerprint density at radius 3 is 2.65 bits per heavy atom. The predicted octanol–water partition coefficient (Wildman–Crippen LogP) is 2.59. The van der Waals surface area contributed by atoms with Gasteiger partial charge >= 0.3 is 0 Å². The Morgan fingerprint density at radius 1 is 1.35 bits per heavy atom. The van der Waals surface area contributed by atoms with Gasteiger partial charge in [0.1, 0.15) is 10.9 Å². The summed E-state index contributed by atoms with van der Waals surface area (Å²) in [6, 6.07) is -0.268. The molecule has 108 valence electrons. The second kappa shape index (κ2) is 6.13. The first kappa shape index (κ1) is 14.6. The second-order valence-corrected chi connectivity index (χ2v) is 5.68. The monoisotopic (exact) mass is 294 g/mol. The lowest BCUT2D eigenvalue weighted by Crippen LogP contribution is -2.28. The van der Waals surface area contributed by atoms with E-state index in [1.165, 1.54) is 11.3 Å². The molecule has 6 nitrogen and oxygen atoms in total. The van der Waals surface area contributed by atoms with Crippen LogP contribution in [-0.4, -0.2) is 21.0 Å². The number of amides is 1. The van der Waals surface area contributed by atoms with Crippen molar-refractivity contribution in [3.63, 3.8) is 0 Å². The Kier molecular flexibility index (Phi) is 4.49. The molecule has 7 heteroatoms. The van der Waals surface area contributed by atoms with Gasteiger partial charge in [0, 0.05) is 0 Å². The van der Waals surface area contributed by atoms with Crippen LogP contribution in [-0.2, 0) is 6.42 Å². The molecule has 0 fully saturated rings. The summed E-state index contributed by atoms with van der Waals surface area (Å²) in [5.41, 5.74) is 0.835. The van der Waals surface area contributed by atoms with Crippen LogP contribution in [0.25, 0.3) is 0 Å². The molecule has 2 rings (SSSR count). The summed E-state index contributed by atoms with van der Waals surface area (Å²) >= 11 is 1.41. The molecule has 0 radical (unpaired) electrons. The maximum atomic E-state index is 12.4. The van der Waals surface area contributed by atoms with Crippen molar-refractivity contribution < 1.29 is 9.32 Å². The maximum Gasteiger partial charge on any atom is 0.263 e. The molecule has 0 unspecified atom stereocenters. The fraction of sp³-hybridized carbons (Fsp3) is 0.538. The van der Waals surface area contributed by atoms with Crippen LogP contribution in [0.1, 0.15) is 58.4 Å². The van der Waals surface area contributed by atoms with E-state index in [2.05, 4.69) is 20.4 Å². The van der Waals surface area contributed by atoms with Crippen LogP contribution in [0.4, 0.5) is 0 Å². The van der Waals surface area contributed by atoms with Crippen LogP contribution in [0.3, 0.4) is 0 Å². The summed E-state index contributed by atoms with van der Waals surface area (Å²) in [5, 5.41) is 7.59. The van der Waals surface area contributed by atoms with Crippen LogP contribution in [0, 0.1) is 13.8 Å². The fourth-order valence-corrected chi connectivity index (χ4v) is 2.81. The molecule has 0 bridgehead atoms. The molecule has 0 saturated heterocycles. The summed E-state index contributed by atoms with van der Waals surface area (Å²) < 4.78 is 5.13. The van der Waals surface area contributed by atoms with Crippen LogP contribution in [0.15, 0.2) is 4.52 Å². The molecule has 2 aromatic heterocycles. The van der Waals surface area contributed by atoms with Gasteiger partial charge < -0.3 is 9.84 Å². The standard InChI is InChI=1S/C13H18N4O2S/c1-5-9-11(20-8(4)15-9)12(18)16-10(6-2)13-14-7(3)17-19-13/h10H,5-6H2,1-4H3,(H,16,18)/t10-/m1/s1. The Morgan fingerprint density at radius 2 is 2.10 bits per heavy atom. The van der Waals surface area contributed by atoms with Gasteiger partial charge in [0.05, 0.1) is 10.7 Å². The van der Waals surface area contributed by atoms with Gasteiger partial charge in [-0.3, -0.25) is 4.79 Å². The zero-order chi connectivity index (χ0) is 14.7. The van der Waals surface area contributed by atoms with Crippen molar-refractivity contribution in [2.45, 2.75) is 46.6 Å². The van der Waals surface area contributed by atoms with Crippen LogP contribution in [0.5, 0.6) is 0 Å². The number of hydrogen-bond donors (Lipinski definition) is 1. The van der Waals surface area contributed by atoms with Crippen LogP contribution >= 0.6 is 11.3 Å². The van der Waals surface area contributed by atoms with Gasteiger partial charge in [-0.05, 0) is 26.7 Å². The van der Waals surface area contributed by atoms with E-state index in [0.29, 0.717) is 23.0 Å². The highest BCUT2D eigenvalue weighted by molar-refractivity contribution is 7.13. The van der Waals surface area contributed by atoms with E-state index in [1.54, 1.807) is 6.92 Å². The molecule has 1 atom stereocenters. The number of aromatic nitrogens is 3. The number of nitrogens with one attached hydrogen (secondary N) is 1. The number of carbonyl (C=O) groups excluding carboxylic acids is 1.